The van der Waals surface area contributed by atoms with Gasteiger partial charge in [-0.1, -0.05) is 30.3 Å². The summed E-state index contributed by atoms with van der Waals surface area (Å²) in [5, 5.41) is 15.3. The van der Waals surface area contributed by atoms with E-state index in [4.69, 9.17) is 0 Å². The van der Waals surface area contributed by atoms with E-state index in [1.54, 1.807) is 6.20 Å². The lowest BCUT2D eigenvalue weighted by molar-refractivity contribution is 1.31. The van der Waals surface area contributed by atoms with Crippen LogP contribution in [-0.4, -0.2) is 4.98 Å². The summed E-state index contributed by atoms with van der Waals surface area (Å²) in [5.74, 6) is 0. The second-order valence-corrected chi connectivity index (χ2v) is 6.38. The van der Waals surface area contributed by atoms with E-state index in [0.717, 1.165) is 16.9 Å². The van der Waals surface area contributed by atoms with Gasteiger partial charge in [-0.25, -0.2) is 4.98 Å². The fraction of sp³-hybridized carbons (Fsp3) is 0.100. The molecule has 1 N–H and O–H groups in total. The van der Waals surface area contributed by atoms with E-state index >= 15 is 0 Å². The molecular formula is C20H17N3S. The summed E-state index contributed by atoms with van der Waals surface area (Å²) in [6.45, 7) is 4.19. The molecule has 3 nitrogen and oxygen atoms in total. The van der Waals surface area contributed by atoms with Crippen LogP contribution >= 0.6 is 11.3 Å². The molecule has 0 spiro atoms. The molecule has 1 aromatic heterocycles. The number of aromatic nitrogens is 1. The standard InChI is InChI=1S/C20H17N3S/c1-14-8-9-16(10-15(14)2)19-13-24-20(23-19)17(11-21)12-22-18-6-4-3-5-7-18/h3-10,12-13,22H,1-2H3/b17-12+. The SMILES string of the molecule is Cc1ccc(-c2csc(/C(C#N)=C/Nc3ccccc3)n2)cc1C. The van der Waals surface area contributed by atoms with Crippen molar-refractivity contribution in [3.63, 3.8) is 0 Å². The van der Waals surface area contributed by atoms with E-state index in [9.17, 15) is 5.26 Å². The van der Waals surface area contributed by atoms with Gasteiger partial charge in [-0.15, -0.1) is 11.3 Å². The highest BCUT2D eigenvalue weighted by atomic mass is 32.1. The van der Waals surface area contributed by atoms with E-state index in [0.29, 0.717) is 10.6 Å². The molecule has 0 atom stereocenters. The number of rotatable bonds is 4. The van der Waals surface area contributed by atoms with E-state index in [1.807, 2.05) is 35.7 Å². The van der Waals surface area contributed by atoms with Gasteiger partial charge in [0.2, 0.25) is 0 Å². The number of benzene rings is 2. The number of para-hydroxylation sites is 1. The van der Waals surface area contributed by atoms with Crippen molar-refractivity contribution in [3.8, 4) is 17.3 Å². The Labute approximate surface area is 145 Å². The Morgan fingerprint density at radius 2 is 1.92 bits per heavy atom. The molecular weight excluding hydrogens is 314 g/mol. The van der Waals surface area contributed by atoms with Crippen LogP contribution in [0.2, 0.25) is 0 Å². The Morgan fingerprint density at radius 3 is 2.62 bits per heavy atom. The molecule has 4 heteroatoms. The smallest absolute Gasteiger partial charge is 0.136 e. The quantitative estimate of drug-likeness (QED) is 0.651. The number of thiazole rings is 1. The van der Waals surface area contributed by atoms with Gasteiger partial charge < -0.3 is 5.32 Å². The third-order valence-corrected chi connectivity index (χ3v) is 4.69. The van der Waals surface area contributed by atoms with Gasteiger partial charge in [-0.2, -0.15) is 5.26 Å². The molecule has 0 unspecified atom stereocenters. The van der Waals surface area contributed by atoms with Crippen molar-refractivity contribution in [1.29, 1.82) is 5.26 Å². The van der Waals surface area contributed by atoms with Crippen LogP contribution in [0, 0.1) is 25.2 Å². The van der Waals surface area contributed by atoms with Gasteiger partial charge in [0.05, 0.1) is 5.69 Å². The third kappa shape index (κ3) is 3.53. The highest BCUT2D eigenvalue weighted by Gasteiger charge is 2.09. The molecule has 0 aliphatic carbocycles. The first-order valence-electron chi connectivity index (χ1n) is 7.63. The summed E-state index contributed by atoms with van der Waals surface area (Å²) in [4.78, 5) is 4.62. The molecule has 0 aliphatic heterocycles. The van der Waals surface area contributed by atoms with Gasteiger partial charge in [0, 0.05) is 22.8 Å². The minimum atomic E-state index is 0.527. The van der Waals surface area contributed by atoms with Gasteiger partial charge >= 0.3 is 0 Å². The van der Waals surface area contributed by atoms with E-state index in [1.165, 1.54) is 22.5 Å². The molecule has 3 rings (SSSR count). The number of anilines is 1. The molecule has 0 amide bonds. The van der Waals surface area contributed by atoms with Crippen LogP contribution in [0.4, 0.5) is 5.69 Å². The molecule has 0 saturated heterocycles. The average Bonchev–Trinajstić information content (AvgIpc) is 3.09. The van der Waals surface area contributed by atoms with Crippen LogP contribution in [0.5, 0.6) is 0 Å². The largest absolute Gasteiger partial charge is 0.360 e. The van der Waals surface area contributed by atoms with Crippen LogP contribution in [0.1, 0.15) is 16.1 Å². The predicted octanol–water partition coefficient (Wildman–Crippen LogP) is 5.40. The first-order valence-corrected chi connectivity index (χ1v) is 8.51. The average molecular weight is 331 g/mol. The minimum absolute atomic E-state index is 0.527. The van der Waals surface area contributed by atoms with Gasteiger partial charge in [0.25, 0.3) is 0 Å². The van der Waals surface area contributed by atoms with Gasteiger partial charge in [0.1, 0.15) is 16.6 Å². The fourth-order valence-corrected chi connectivity index (χ4v) is 3.06. The topological polar surface area (TPSA) is 48.7 Å². The zero-order valence-corrected chi connectivity index (χ0v) is 14.4. The number of allylic oxidation sites excluding steroid dienone is 1. The van der Waals surface area contributed by atoms with Crippen LogP contribution in [-0.2, 0) is 0 Å². The lowest BCUT2D eigenvalue weighted by Gasteiger charge is -2.02. The summed E-state index contributed by atoms with van der Waals surface area (Å²) in [7, 11) is 0. The monoisotopic (exact) mass is 331 g/mol. The predicted molar refractivity (Wildman–Crippen MR) is 101 cm³/mol. The summed E-state index contributed by atoms with van der Waals surface area (Å²) in [6, 6.07) is 18.3. The Kier molecular flexibility index (Phi) is 4.74. The molecule has 3 aromatic rings. The van der Waals surface area contributed by atoms with Crippen LogP contribution in [0.3, 0.4) is 0 Å². The summed E-state index contributed by atoms with van der Waals surface area (Å²) < 4.78 is 0. The number of nitrogens with zero attached hydrogens (tertiary/aromatic N) is 2. The second-order valence-electron chi connectivity index (χ2n) is 5.52. The van der Waals surface area contributed by atoms with Crippen LogP contribution < -0.4 is 5.32 Å². The lowest BCUT2D eigenvalue weighted by atomic mass is 10.1. The molecule has 2 aromatic carbocycles. The first-order chi connectivity index (χ1) is 11.7. The number of hydrogen-bond donors (Lipinski definition) is 1. The van der Waals surface area contributed by atoms with Crippen molar-refractivity contribution in [3.05, 3.63) is 76.2 Å². The third-order valence-electron chi connectivity index (χ3n) is 3.81. The maximum atomic E-state index is 9.43. The maximum Gasteiger partial charge on any atom is 0.136 e. The van der Waals surface area contributed by atoms with E-state index in [-0.39, 0.29) is 0 Å². The molecule has 0 saturated carbocycles. The Morgan fingerprint density at radius 1 is 1.12 bits per heavy atom. The summed E-state index contributed by atoms with van der Waals surface area (Å²) in [6.07, 6.45) is 1.71. The van der Waals surface area contributed by atoms with Crippen molar-refractivity contribution in [2.24, 2.45) is 0 Å². The zero-order valence-electron chi connectivity index (χ0n) is 13.6. The minimum Gasteiger partial charge on any atom is -0.360 e. The Hall–Kier alpha value is -2.90. The highest BCUT2D eigenvalue weighted by molar-refractivity contribution is 7.11. The molecule has 0 radical (unpaired) electrons. The Balaban J connectivity index is 1.85. The van der Waals surface area contributed by atoms with Gasteiger partial charge in [-0.05, 0) is 43.2 Å². The maximum absolute atomic E-state index is 9.43. The molecule has 1 heterocycles. The highest BCUT2D eigenvalue weighted by Crippen LogP contribution is 2.27. The van der Waals surface area contributed by atoms with Crippen molar-refractivity contribution in [1.82, 2.24) is 4.98 Å². The summed E-state index contributed by atoms with van der Waals surface area (Å²) >= 11 is 1.48. The van der Waals surface area contributed by atoms with Crippen molar-refractivity contribution < 1.29 is 0 Å². The molecule has 24 heavy (non-hydrogen) atoms. The molecule has 0 bridgehead atoms. The van der Waals surface area contributed by atoms with E-state index in [2.05, 4.69) is 48.4 Å². The van der Waals surface area contributed by atoms with Crippen molar-refractivity contribution in [2.45, 2.75) is 13.8 Å². The van der Waals surface area contributed by atoms with E-state index < -0.39 is 0 Å². The van der Waals surface area contributed by atoms with Crippen LogP contribution in [0.15, 0.2) is 60.1 Å². The normalized spacial score (nSPS) is 11.1. The lowest BCUT2D eigenvalue weighted by Crippen LogP contribution is -1.90. The molecule has 118 valence electrons. The number of aryl methyl sites for hydroxylation is 2. The molecule has 0 fully saturated rings. The Bertz CT molecular complexity index is 918. The fourth-order valence-electron chi connectivity index (χ4n) is 2.26. The van der Waals surface area contributed by atoms with Gasteiger partial charge in [-0.3, -0.25) is 0 Å². The van der Waals surface area contributed by atoms with Crippen molar-refractivity contribution in [2.75, 3.05) is 5.32 Å². The van der Waals surface area contributed by atoms with Crippen LogP contribution in [0.25, 0.3) is 16.8 Å². The number of nitriles is 1. The van der Waals surface area contributed by atoms with Gasteiger partial charge in [0.15, 0.2) is 0 Å². The number of nitrogens with one attached hydrogen (secondary N) is 1. The number of hydrogen-bond acceptors (Lipinski definition) is 4. The first kappa shape index (κ1) is 16.0. The molecule has 0 aliphatic rings. The zero-order chi connectivity index (χ0) is 16.9. The summed E-state index contributed by atoms with van der Waals surface area (Å²) in [5.41, 5.74) is 5.95. The van der Waals surface area contributed by atoms with Crippen molar-refractivity contribution >= 4 is 22.6 Å². The second kappa shape index (κ2) is 7.12.